The minimum absolute atomic E-state index is 0. The second kappa shape index (κ2) is 11.8. The molecule has 0 radical (unpaired) electrons. The fraction of sp³-hybridized carbons (Fsp3) is 0.500. The zero-order chi connectivity index (χ0) is 19.9. The number of halogens is 1. The van der Waals surface area contributed by atoms with Gasteiger partial charge in [-0.15, -0.1) is 35.3 Å². The summed E-state index contributed by atoms with van der Waals surface area (Å²) in [5.74, 6) is 3.14. The van der Waals surface area contributed by atoms with Crippen LogP contribution in [0.1, 0.15) is 17.7 Å². The van der Waals surface area contributed by atoms with Gasteiger partial charge in [-0.05, 0) is 55.4 Å². The van der Waals surface area contributed by atoms with Gasteiger partial charge in [0, 0.05) is 25.0 Å². The molecule has 2 aromatic rings. The highest BCUT2D eigenvalue weighted by Gasteiger charge is 2.22. The van der Waals surface area contributed by atoms with Crippen molar-refractivity contribution in [3.8, 4) is 11.5 Å². The van der Waals surface area contributed by atoms with E-state index in [0.29, 0.717) is 19.1 Å². The number of para-hydroxylation sites is 2. The Kier molecular flexibility index (Phi) is 9.07. The topological polar surface area (TPSA) is 58.1 Å². The first-order chi connectivity index (χ1) is 14.3. The van der Waals surface area contributed by atoms with E-state index in [1.807, 2.05) is 42.6 Å². The number of nitrogens with one attached hydrogen (secondary N) is 2. The quantitative estimate of drug-likeness (QED) is 0.332. The van der Waals surface area contributed by atoms with Gasteiger partial charge in [0.05, 0.1) is 6.54 Å². The fourth-order valence-electron chi connectivity index (χ4n) is 3.81. The van der Waals surface area contributed by atoms with Crippen LogP contribution in [0, 0.1) is 5.92 Å². The molecule has 2 N–H and O–H groups in total. The highest BCUT2D eigenvalue weighted by Crippen LogP contribution is 2.30. The molecular formula is C22H31IN4O2S. The molecule has 2 aliphatic heterocycles. The van der Waals surface area contributed by atoms with E-state index in [-0.39, 0.29) is 30.1 Å². The molecule has 6 nitrogen and oxygen atoms in total. The first-order valence-corrected chi connectivity index (χ1v) is 11.3. The molecule has 30 heavy (non-hydrogen) atoms. The Hall–Kier alpha value is -1.52. The Morgan fingerprint density at radius 2 is 1.87 bits per heavy atom. The maximum Gasteiger partial charge on any atom is 0.191 e. The van der Waals surface area contributed by atoms with Crippen molar-refractivity contribution in [3.05, 3.63) is 46.7 Å². The number of ether oxygens (including phenoxy) is 2. The maximum absolute atomic E-state index is 6.00. The molecule has 2 aliphatic rings. The minimum Gasteiger partial charge on any atom is -0.486 e. The number of hydrogen-bond acceptors (Lipinski definition) is 5. The van der Waals surface area contributed by atoms with Gasteiger partial charge in [-0.1, -0.05) is 18.2 Å². The van der Waals surface area contributed by atoms with E-state index in [1.54, 1.807) is 0 Å². The molecule has 1 unspecified atom stereocenters. The van der Waals surface area contributed by atoms with Crippen molar-refractivity contribution >= 4 is 41.3 Å². The van der Waals surface area contributed by atoms with Crippen LogP contribution in [0.2, 0.25) is 0 Å². The Labute approximate surface area is 200 Å². The largest absolute Gasteiger partial charge is 0.486 e. The van der Waals surface area contributed by atoms with Gasteiger partial charge in [-0.25, -0.2) is 0 Å². The lowest BCUT2D eigenvalue weighted by atomic mass is 9.97. The third kappa shape index (κ3) is 6.49. The first-order valence-electron chi connectivity index (χ1n) is 10.4. The second-order valence-electron chi connectivity index (χ2n) is 7.63. The minimum atomic E-state index is -0.0241. The molecule has 1 aromatic heterocycles. The highest BCUT2D eigenvalue weighted by atomic mass is 127. The standard InChI is InChI=1S/C22H30N4O2S.HI/c1-23-22(25-14-18-16-27-20-6-2-3-7-21(20)28-18)24-13-17-8-10-26(11-9-17)15-19-5-4-12-29-19;/h2-7,12,17-18H,8-11,13-16H2,1H3,(H2,23,24,25);1H. The number of fused-ring (bicyclic) bond motifs is 1. The van der Waals surface area contributed by atoms with E-state index in [4.69, 9.17) is 9.47 Å². The molecule has 1 saturated heterocycles. The lowest BCUT2D eigenvalue weighted by Gasteiger charge is -2.32. The molecule has 4 rings (SSSR count). The number of benzene rings is 1. The van der Waals surface area contributed by atoms with Crippen LogP contribution in [0.5, 0.6) is 11.5 Å². The first kappa shape index (κ1) is 23.1. The molecule has 8 heteroatoms. The zero-order valence-electron chi connectivity index (χ0n) is 17.4. The maximum atomic E-state index is 6.00. The summed E-state index contributed by atoms with van der Waals surface area (Å²) in [6, 6.07) is 12.2. The molecule has 1 atom stereocenters. The molecular weight excluding hydrogens is 511 g/mol. The molecule has 0 aliphatic carbocycles. The molecule has 0 saturated carbocycles. The fourth-order valence-corrected chi connectivity index (χ4v) is 4.55. The van der Waals surface area contributed by atoms with Gasteiger partial charge >= 0.3 is 0 Å². The van der Waals surface area contributed by atoms with Crippen molar-refractivity contribution in [2.75, 3.05) is 39.8 Å². The predicted octanol–water partition coefficient (Wildman–Crippen LogP) is 3.58. The van der Waals surface area contributed by atoms with Crippen LogP contribution in [-0.4, -0.2) is 56.8 Å². The lowest BCUT2D eigenvalue weighted by Crippen LogP contribution is -2.47. The summed E-state index contributed by atoms with van der Waals surface area (Å²) in [7, 11) is 1.81. The van der Waals surface area contributed by atoms with Crippen LogP contribution in [0.15, 0.2) is 46.8 Å². The van der Waals surface area contributed by atoms with Crippen molar-refractivity contribution in [2.24, 2.45) is 10.9 Å². The van der Waals surface area contributed by atoms with Crippen LogP contribution in [0.4, 0.5) is 0 Å². The number of likely N-dealkylation sites (tertiary alicyclic amines) is 1. The molecule has 0 amide bonds. The highest BCUT2D eigenvalue weighted by molar-refractivity contribution is 14.0. The lowest BCUT2D eigenvalue weighted by molar-refractivity contribution is 0.0935. The third-order valence-electron chi connectivity index (χ3n) is 5.51. The number of nitrogens with zero attached hydrogens (tertiary/aromatic N) is 2. The van der Waals surface area contributed by atoms with E-state index in [2.05, 4.69) is 38.0 Å². The van der Waals surface area contributed by atoms with Gasteiger partial charge in [0.2, 0.25) is 0 Å². The average Bonchev–Trinajstić information content (AvgIpc) is 3.28. The van der Waals surface area contributed by atoms with Crippen molar-refractivity contribution in [2.45, 2.75) is 25.5 Å². The van der Waals surface area contributed by atoms with Gasteiger partial charge in [-0.2, -0.15) is 0 Å². The third-order valence-corrected chi connectivity index (χ3v) is 6.37. The Morgan fingerprint density at radius 3 is 2.60 bits per heavy atom. The van der Waals surface area contributed by atoms with E-state index in [1.165, 1.54) is 30.8 Å². The molecule has 1 fully saturated rings. The number of hydrogen-bond donors (Lipinski definition) is 2. The Morgan fingerprint density at radius 1 is 1.10 bits per heavy atom. The predicted molar refractivity (Wildman–Crippen MR) is 133 cm³/mol. The summed E-state index contributed by atoms with van der Waals surface area (Å²) in [6.07, 6.45) is 2.43. The number of thiophene rings is 1. The van der Waals surface area contributed by atoms with Crippen LogP contribution in [0.25, 0.3) is 0 Å². The number of aliphatic imine (C=N–C) groups is 1. The molecule has 0 spiro atoms. The Bertz CT molecular complexity index is 794. The second-order valence-corrected chi connectivity index (χ2v) is 8.66. The number of piperidine rings is 1. The summed E-state index contributed by atoms with van der Waals surface area (Å²) >= 11 is 1.85. The zero-order valence-corrected chi connectivity index (χ0v) is 20.5. The SMILES string of the molecule is CN=C(NCC1CCN(Cc2cccs2)CC1)NCC1COc2ccccc2O1.I. The van der Waals surface area contributed by atoms with E-state index < -0.39 is 0 Å². The van der Waals surface area contributed by atoms with Crippen LogP contribution >= 0.6 is 35.3 Å². The van der Waals surface area contributed by atoms with Gasteiger partial charge in [0.1, 0.15) is 12.7 Å². The van der Waals surface area contributed by atoms with E-state index in [0.717, 1.165) is 30.5 Å². The van der Waals surface area contributed by atoms with Crippen molar-refractivity contribution in [1.29, 1.82) is 0 Å². The van der Waals surface area contributed by atoms with Gasteiger partial charge < -0.3 is 20.1 Å². The average molecular weight is 542 g/mol. The summed E-state index contributed by atoms with van der Waals surface area (Å²) in [5, 5.41) is 9.02. The molecule has 0 bridgehead atoms. The summed E-state index contributed by atoms with van der Waals surface area (Å²) < 4.78 is 11.8. The summed E-state index contributed by atoms with van der Waals surface area (Å²) in [6.45, 7) is 5.59. The molecule has 3 heterocycles. The van der Waals surface area contributed by atoms with Gasteiger partial charge in [-0.3, -0.25) is 9.89 Å². The van der Waals surface area contributed by atoms with Crippen LogP contribution in [0.3, 0.4) is 0 Å². The van der Waals surface area contributed by atoms with Gasteiger partial charge in [0.15, 0.2) is 17.5 Å². The smallest absolute Gasteiger partial charge is 0.191 e. The van der Waals surface area contributed by atoms with Crippen molar-refractivity contribution < 1.29 is 9.47 Å². The number of guanidine groups is 1. The van der Waals surface area contributed by atoms with E-state index in [9.17, 15) is 0 Å². The summed E-state index contributed by atoms with van der Waals surface area (Å²) in [5.41, 5.74) is 0. The monoisotopic (exact) mass is 542 g/mol. The van der Waals surface area contributed by atoms with E-state index >= 15 is 0 Å². The van der Waals surface area contributed by atoms with Crippen molar-refractivity contribution in [1.82, 2.24) is 15.5 Å². The summed E-state index contributed by atoms with van der Waals surface area (Å²) in [4.78, 5) is 8.38. The Balaban J connectivity index is 0.00000256. The number of rotatable bonds is 6. The molecule has 1 aromatic carbocycles. The van der Waals surface area contributed by atoms with Crippen LogP contribution in [-0.2, 0) is 6.54 Å². The van der Waals surface area contributed by atoms with Gasteiger partial charge in [0.25, 0.3) is 0 Å². The normalized spacial score (nSPS) is 19.8. The van der Waals surface area contributed by atoms with Crippen LogP contribution < -0.4 is 20.1 Å². The molecule has 164 valence electrons. The van der Waals surface area contributed by atoms with Crippen molar-refractivity contribution in [3.63, 3.8) is 0 Å².